The average Bonchev–Trinajstić information content (AvgIpc) is 2.40. The SMILES string of the molecule is CC(C)N1CCC(CN2CCC(NC(C)(C)C)CC2)CC1. The van der Waals surface area contributed by atoms with Crippen LogP contribution in [0.5, 0.6) is 0 Å². The van der Waals surface area contributed by atoms with Crippen LogP contribution in [0.4, 0.5) is 0 Å². The van der Waals surface area contributed by atoms with Crippen LogP contribution in [-0.2, 0) is 0 Å². The molecule has 0 unspecified atom stereocenters. The van der Waals surface area contributed by atoms with E-state index in [9.17, 15) is 0 Å². The molecular weight excluding hydrogens is 258 g/mol. The Labute approximate surface area is 132 Å². The molecule has 0 aromatic heterocycles. The fourth-order valence-corrected chi connectivity index (χ4v) is 3.89. The van der Waals surface area contributed by atoms with Gasteiger partial charge in [0.1, 0.15) is 0 Å². The Morgan fingerprint density at radius 2 is 1.52 bits per heavy atom. The summed E-state index contributed by atoms with van der Waals surface area (Å²) in [6.45, 7) is 18.0. The van der Waals surface area contributed by atoms with E-state index in [0.717, 1.165) is 18.0 Å². The van der Waals surface area contributed by atoms with Gasteiger partial charge < -0.3 is 15.1 Å². The number of likely N-dealkylation sites (tertiary alicyclic amines) is 2. The third-order valence-electron chi connectivity index (χ3n) is 5.12. The fraction of sp³-hybridized carbons (Fsp3) is 1.00. The van der Waals surface area contributed by atoms with Crippen LogP contribution in [0.25, 0.3) is 0 Å². The zero-order valence-corrected chi connectivity index (χ0v) is 15.0. The molecular formula is C18H37N3. The monoisotopic (exact) mass is 295 g/mol. The van der Waals surface area contributed by atoms with Crippen molar-refractivity contribution in [2.75, 3.05) is 32.7 Å². The average molecular weight is 296 g/mol. The smallest absolute Gasteiger partial charge is 0.00991 e. The molecule has 21 heavy (non-hydrogen) atoms. The van der Waals surface area contributed by atoms with E-state index in [2.05, 4.69) is 49.7 Å². The van der Waals surface area contributed by atoms with E-state index in [4.69, 9.17) is 0 Å². The van der Waals surface area contributed by atoms with Gasteiger partial charge in [0.2, 0.25) is 0 Å². The zero-order valence-electron chi connectivity index (χ0n) is 15.0. The minimum Gasteiger partial charge on any atom is -0.309 e. The van der Waals surface area contributed by atoms with Crippen molar-refractivity contribution < 1.29 is 0 Å². The van der Waals surface area contributed by atoms with Crippen molar-refractivity contribution in [2.24, 2.45) is 5.92 Å². The van der Waals surface area contributed by atoms with Gasteiger partial charge in [0.05, 0.1) is 0 Å². The molecule has 2 aliphatic heterocycles. The zero-order chi connectivity index (χ0) is 15.5. The molecule has 2 rings (SSSR count). The highest BCUT2D eigenvalue weighted by Gasteiger charge is 2.26. The Morgan fingerprint density at radius 3 is 2.00 bits per heavy atom. The van der Waals surface area contributed by atoms with Crippen LogP contribution in [0.3, 0.4) is 0 Å². The Bertz CT molecular complexity index is 292. The number of piperidine rings is 2. The van der Waals surface area contributed by atoms with E-state index < -0.39 is 0 Å². The molecule has 3 nitrogen and oxygen atoms in total. The van der Waals surface area contributed by atoms with Gasteiger partial charge in [0, 0.05) is 24.2 Å². The van der Waals surface area contributed by atoms with Gasteiger partial charge in [-0.2, -0.15) is 0 Å². The molecule has 2 aliphatic rings. The van der Waals surface area contributed by atoms with E-state index >= 15 is 0 Å². The van der Waals surface area contributed by atoms with Crippen LogP contribution in [-0.4, -0.2) is 60.1 Å². The maximum Gasteiger partial charge on any atom is 0.00991 e. The maximum absolute atomic E-state index is 3.77. The minimum atomic E-state index is 0.260. The van der Waals surface area contributed by atoms with E-state index in [1.165, 1.54) is 58.4 Å². The molecule has 1 N–H and O–H groups in total. The molecule has 0 saturated carbocycles. The van der Waals surface area contributed by atoms with Crippen molar-refractivity contribution in [1.82, 2.24) is 15.1 Å². The van der Waals surface area contributed by atoms with Crippen molar-refractivity contribution in [3.63, 3.8) is 0 Å². The molecule has 2 heterocycles. The van der Waals surface area contributed by atoms with Crippen LogP contribution in [0.2, 0.25) is 0 Å². The topological polar surface area (TPSA) is 18.5 Å². The highest BCUT2D eigenvalue weighted by Crippen LogP contribution is 2.22. The second-order valence-electron chi connectivity index (χ2n) is 8.54. The summed E-state index contributed by atoms with van der Waals surface area (Å²) in [6, 6.07) is 1.45. The van der Waals surface area contributed by atoms with Crippen LogP contribution in [0.1, 0.15) is 60.3 Å². The van der Waals surface area contributed by atoms with Gasteiger partial charge in [-0.05, 0) is 92.4 Å². The Hall–Kier alpha value is -0.120. The molecule has 2 fully saturated rings. The molecule has 0 spiro atoms. The minimum absolute atomic E-state index is 0.260. The van der Waals surface area contributed by atoms with Crippen LogP contribution < -0.4 is 5.32 Å². The van der Waals surface area contributed by atoms with Crippen molar-refractivity contribution in [1.29, 1.82) is 0 Å². The van der Waals surface area contributed by atoms with Gasteiger partial charge in [-0.25, -0.2) is 0 Å². The highest BCUT2D eigenvalue weighted by atomic mass is 15.2. The summed E-state index contributed by atoms with van der Waals surface area (Å²) >= 11 is 0. The molecule has 0 amide bonds. The molecule has 2 saturated heterocycles. The van der Waals surface area contributed by atoms with Crippen LogP contribution >= 0.6 is 0 Å². The predicted octanol–water partition coefficient (Wildman–Crippen LogP) is 2.96. The first-order chi connectivity index (χ1) is 9.83. The second-order valence-corrected chi connectivity index (χ2v) is 8.54. The van der Waals surface area contributed by atoms with Gasteiger partial charge in [0.25, 0.3) is 0 Å². The molecule has 0 aromatic carbocycles. The van der Waals surface area contributed by atoms with Gasteiger partial charge in [-0.15, -0.1) is 0 Å². The lowest BCUT2D eigenvalue weighted by atomic mass is 9.93. The number of nitrogens with one attached hydrogen (secondary N) is 1. The Balaban J connectivity index is 1.65. The fourth-order valence-electron chi connectivity index (χ4n) is 3.89. The molecule has 0 aromatic rings. The van der Waals surface area contributed by atoms with Crippen LogP contribution in [0, 0.1) is 5.92 Å². The maximum atomic E-state index is 3.77. The second kappa shape index (κ2) is 7.43. The summed E-state index contributed by atoms with van der Waals surface area (Å²) in [4.78, 5) is 5.35. The van der Waals surface area contributed by atoms with Crippen LogP contribution in [0.15, 0.2) is 0 Å². The summed E-state index contributed by atoms with van der Waals surface area (Å²) in [7, 11) is 0. The van der Waals surface area contributed by atoms with Crippen molar-refractivity contribution in [2.45, 2.75) is 77.9 Å². The summed E-state index contributed by atoms with van der Waals surface area (Å²) in [5.74, 6) is 0.937. The summed E-state index contributed by atoms with van der Waals surface area (Å²) in [5.41, 5.74) is 0.260. The molecule has 0 aliphatic carbocycles. The first-order valence-electron chi connectivity index (χ1n) is 9.07. The van der Waals surface area contributed by atoms with Crippen molar-refractivity contribution in [3.8, 4) is 0 Å². The Morgan fingerprint density at radius 1 is 0.952 bits per heavy atom. The Kier molecular flexibility index (Phi) is 6.10. The first kappa shape index (κ1) is 17.2. The predicted molar refractivity (Wildman–Crippen MR) is 91.8 cm³/mol. The normalized spacial score (nSPS) is 24.9. The first-order valence-corrected chi connectivity index (χ1v) is 9.07. The van der Waals surface area contributed by atoms with Gasteiger partial charge in [-0.3, -0.25) is 0 Å². The lowest BCUT2D eigenvalue weighted by Gasteiger charge is -2.40. The lowest BCUT2D eigenvalue weighted by molar-refractivity contribution is 0.105. The number of nitrogens with zero attached hydrogens (tertiary/aromatic N) is 2. The molecule has 0 bridgehead atoms. The quantitative estimate of drug-likeness (QED) is 0.860. The van der Waals surface area contributed by atoms with E-state index in [0.29, 0.717) is 0 Å². The molecule has 124 valence electrons. The standard InChI is InChI=1S/C18H37N3/c1-15(2)21-12-6-16(7-13-21)14-20-10-8-17(9-11-20)19-18(3,4)5/h15-17,19H,6-14H2,1-5H3. The van der Waals surface area contributed by atoms with E-state index in [-0.39, 0.29) is 5.54 Å². The van der Waals surface area contributed by atoms with E-state index in [1.54, 1.807) is 0 Å². The highest BCUT2D eigenvalue weighted by molar-refractivity contribution is 4.84. The van der Waals surface area contributed by atoms with Crippen molar-refractivity contribution in [3.05, 3.63) is 0 Å². The molecule has 3 heteroatoms. The van der Waals surface area contributed by atoms with Gasteiger partial charge >= 0.3 is 0 Å². The number of hydrogen-bond donors (Lipinski definition) is 1. The van der Waals surface area contributed by atoms with Gasteiger partial charge in [-0.1, -0.05) is 0 Å². The summed E-state index contributed by atoms with van der Waals surface area (Å²) in [6.07, 6.45) is 5.45. The van der Waals surface area contributed by atoms with Gasteiger partial charge in [0.15, 0.2) is 0 Å². The third-order valence-corrected chi connectivity index (χ3v) is 5.12. The van der Waals surface area contributed by atoms with E-state index in [1.807, 2.05) is 0 Å². The molecule has 0 atom stereocenters. The molecule has 0 radical (unpaired) electrons. The number of hydrogen-bond acceptors (Lipinski definition) is 3. The van der Waals surface area contributed by atoms with Crippen molar-refractivity contribution >= 4 is 0 Å². The number of rotatable bonds is 4. The summed E-state index contributed by atoms with van der Waals surface area (Å²) < 4.78 is 0. The summed E-state index contributed by atoms with van der Waals surface area (Å²) in [5, 5.41) is 3.77. The third kappa shape index (κ3) is 5.88. The lowest BCUT2D eigenvalue weighted by Crippen LogP contribution is -2.50. The largest absolute Gasteiger partial charge is 0.309 e.